The van der Waals surface area contributed by atoms with E-state index in [-0.39, 0.29) is 33.8 Å². The van der Waals surface area contributed by atoms with Crippen molar-refractivity contribution < 1.29 is 23.8 Å². The van der Waals surface area contributed by atoms with Crippen LogP contribution in [0.4, 0.5) is 20.2 Å². The molecule has 176 valence electrons. The molecule has 0 aliphatic carbocycles. The third-order valence-electron chi connectivity index (χ3n) is 5.12. The number of benzene rings is 3. The highest BCUT2D eigenvalue weighted by atomic mass is 19.2. The van der Waals surface area contributed by atoms with Crippen molar-refractivity contribution in [1.29, 1.82) is 0 Å². The van der Waals surface area contributed by atoms with Gasteiger partial charge in [0.1, 0.15) is 11.4 Å². The topological polar surface area (TPSA) is 120 Å². The molecule has 8 nitrogen and oxygen atoms in total. The average Bonchev–Trinajstić information content (AvgIpc) is 3.13. The highest BCUT2D eigenvalue weighted by Gasteiger charge is 2.14. The molecule has 0 aliphatic heterocycles. The second kappa shape index (κ2) is 9.56. The fourth-order valence-corrected chi connectivity index (χ4v) is 3.31. The molecule has 4 rings (SSSR count). The molecular formula is C25H18F2N4O4. The normalized spacial score (nSPS) is 11.5. The number of azo groups is 1. The number of rotatable bonds is 6. The van der Waals surface area contributed by atoms with Crippen LogP contribution >= 0.6 is 0 Å². The van der Waals surface area contributed by atoms with Gasteiger partial charge in [-0.2, -0.15) is 0 Å². The number of carbonyl (C=O) groups is 1. The molecule has 10 heteroatoms. The van der Waals surface area contributed by atoms with Gasteiger partial charge in [-0.25, -0.2) is 18.3 Å². The molecule has 0 unspecified atom stereocenters. The van der Waals surface area contributed by atoms with E-state index in [1.54, 1.807) is 25.1 Å². The lowest BCUT2D eigenvalue weighted by molar-refractivity contribution is 0.0697. The molecular weight excluding hydrogens is 458 g/mol. The summed E-state index contributed by atoms with van der Waals surface area (Å²) < 4.78 is 28.4. The first-order valence-electron chi connectivity index (χ1n) is 10.3. The van der Waals surface area contributed by atoms with Crippen LogP contribution in [0.25, 0.3) is 17.8 Å². The van der Waals surface area contributed by atoms with Crippen molar-refractivity contribution in [2.75, 3.05) is 0 Å². The summed E-state index contributed by atoms with van der Waals surface area (Å²) >= 11 is 0. The lowest BCUT2D eigenvalue weighted by atomic mass is 10.1. The molecule has 0 atom stereocenters. The molecule has 1 heterocycles. The third kappa shape index (κ3) is 4.76. The second-order valence-corrected chi connectivity index (χ2v) is 7.47. The van der Waals surface area contributed by atoms with Gasteiger partial charge in [-0.05, 0) is 37.3 Å². The van der Waals surface area contributed by atoms with Crippen LogP contribution in [0.2, 0.25) is 0 Å². The van der Waals surface area contributed by atoms with Gasteiger partial charge in [0, 0.05) is 11.1 Å². The van der Waals surface area contributed by atoms with Crippen LogP contribution in [0.15, 0.2) is 75.7 Å². The molecule has 0 bridgehead atoms. The van der Waals surface area contributed by atoms with Crippen molar-refractivity contribution in [3.05, 3.63) is 105 Å². The Morgan fingerprint density at radius 2 is 1.69 bits per heavy atom. The fraction of sp³-hybridized carbons (Fsp3) is 0.0400. The van der Waals surface area contributed by atoms with Gasteiger partial charge in [-0.15, -0.1) is 10.2 Å². The minimum absolute atomic E-state index is 0.00638. The van der Waals surface area contributed by atoms with Crippen LogP contribution in [-0.2, 0) is 0 Å². The van der Waals surface area contributed by atoms with E-state index < -0.39 is 23.2 Å². The molecule has 0 spiro atoms. The number of carboxylic acids is 1. The van der Waals surface area contributed by atoms with E-state index in [1.165, 1.54) is 48.6 Å². The Hall–Kier alpha value is -4.86. The van der Waals surface area contributed by atoms with E-state index >= 15 is 0 Å². The second-order valence-electron chi connectivity index (χ2n) is 7.47. The number of halogens is 2. The maximum atomic E-state index is 13.9. The lowest BCUT2D eigenvalue weighted by Gasteiger charge is -2.03. The zero-order valence-electron chi connectivity index (χ0n) is 18.2. The van der Waals surface area contributed by atoms with Crippen molar-refractivity contribution >= 4 is 29.5 Å². The number of nitrogens with zero attached hydrogens (tertiary/aromatic N) is 3. The first-order valence-corrected chi connectivity index (χ1v) is 10.3. The zero-order valence-corrected chi connectivity index (χ0v) is 18.2. The van der Waals surface area contributed by atoms with Gasteiger partial charge in [0.25, 0.3) is 5.56 Å². The Labute approximate surface area is 197 Å². The van der Waals surface area contributed by atoms with Gasteiger partial charge in [-0.3, -0.25) is 9.89 Å². The Bertz CT molecular complexity index is 1550. The van der Waals surface area contributed by atoms with Crippen LogP contribution in [0.3, 0.4) is 0 Å². The Morgan fingerprint density at radius 1 is 1.00 bits per heavy atom. The molecule has 0 saturated heterocycles. The van der Waals surface area contributed by atoms with Crippen molar-refractivity contribution in [2.45, 2.75) is 6.92 Å². The van der Waals surface area contributed by atoms with Crippen LogP contribution in [0, 0.1) is 18.6 Å². The summed E-state index contributed by atoms with van der Waals surface area (Å²) in [7, 11) is 0. The number of H-pyrrole nitrogens is 1. The summed E-state index contributed by atoms with van der Waals surface area (Å²) in [6.07, 6.45) is 2.71. The van der Waals surface area contributed by atoms with E-state index in [1.807, 2.05) is 0 Å². The molecule has 0 aliphatic rings. The number of aromatic hydroxyl groups is 1. The minimum atomic E-state index is -1.13. The maximum Gasteiger partial charge on any atom is 0.335 e. The number of aromatic amines is 1. The number of hydrogen-bond acceptors (Lipinski definition) is 5. The number of aromatic nitrogens is 2. The SMILES string of the molecule is Cc1[nH]n(-c2cccc(C(=O)O)c2)c(=O)c1N=Nc1cccc(/C=C/c2cccc(F)c2F)c1O. The Morgan fingerprint density at radius 3 is 2.46 bits per heavy atom. The quantitative estimate of drug-likeness (QED) is 0.243. The molecule has 3 N–H and O–H groups in total. The number of nitrogens with one attached hydrogen (secondary N) is 1. The first kappa shape index (κ1) is 23.3. The molecule has 0 fully saturated rings. The molecule has 0 radical (unpaired) electrons. The van der Waals surface area contributed by atoms with E-state index in [0.717, 1.165) is 10.7 Å². The summed E-state index contributed by atoms with van der Waals surface area (Å²) in [6, 6.07) is 14.2. The Kier molecular flexibility index (Phi) is 6.36. The van der Waals surface area contributed by atoms with Gasteiger partial charge in [0.15, 0.2) is 17.3 Å². The van der Waals surface area contributed by atoms with Crippen LogP contribution in [-0.4, -0.2) is 26.0 Å². The minimum Gasteiger partial charge on any atom is -0.505 e. The number of aryl methyl sites for hydroxylation is 1. The number of hydrogen-bond donors (Lipinski definition) is 3. The molecule has 1 aromatic heterocycles. The van der Waals surface area contributed by atoms with E-state index in [4.69, 9.17) is 0 Å². The highest BCUT2D eigenvalue weighted by Crippen LogP contribution is 2.33. The fourth-order valence-electron chi connectivity index (χ4n) is 3.31. The lowest BCUT2D eigenvalue weighted by Crippen LogP contribution is -2.14. The molecule has 4 aromatic rings. The Balaban J connectivity index is 1.64. The average molecular weight is 476 g/mol. The predicted molar refractivity (Wildman–Crippen MR) is 126 cm³/mol. The molecule has 3 aromatic carbocycles. The van der Waals surface area contributed by atoms with Crippen molar-refractivity contribution in [3.63, 3.8) is 0 Å². The van der Waals surface area contributed by atoms with Gasteiger partial charge in [0.2, 0.25) is 0 Å². The summed E-state index contributed by atoms with van der Waals surface area (Å²) in [5.74, 6) is -3.40. The summed E-state index contributed by atoms with van der Waals surface area (Å²) in [5, 5.41) is 30.5. The standard InChI is InChI=1S/C25H18F2N4O4/c1-14-22(24(33)31(30-14)18-8-2-7-17(13-18)25(34)35)29-28-20-10-4-6-16(23(20)32)12-11-15-5-3-9-19(26)21(15)27/h2-13,30,32H,1H3,(H,34,35)/b12-11+,29-28?. The van der Waals surface area contributed by atoms with Gasteiger partial charge >= 0.3 is 5.97 Å². The van der Waals surface area contributed by atoms with Crippen LogP contribution in [0.5, 0.6) is 5.75 Å². The van der Waals surface area contributed by atoms with Gasteiger partial charge < -0.3 is 10.2 Å². The largest absolute Gasteiger partial charge is 0.505 e. The van der Waals surface area contributed by atoms with Crippen molar-refractivity contribution in [1.82, 2.24) is 9.78 Å². The van der Waals surface area contributed by atoms with Gasteiger partial charge in [-0.1, -0.05) is 42.5 Å². The van der Waals surface area contributed by atoms with E-state index in [9.17, 15) is 28.6 Å². The summed E-state index contributed by atoms with van der Waals surface area (Å²) in [4.78, 5) is 24.1. The predicted octanol–water partition coefficient (Wildman–Crippen LogP) is 5.74. The van der Waals surface area contributed by atoms with Crippen molar-refractivity contribution in [3.8, 4) is 11.4 Å². The zero-order chi connectivity index (χ0) is 25.1. The number of aromatic carboxylic acids is 1. The van der Waals surface area contributed by atoms with Crippen LogP contribution in [0.1, 0.15) is 27.2 Å². The molecule has 35 heavy (non-hydrogen) atoms. The summed E-state index contributed by atoms with van der Waals surface area (Å²) in [6.45, 7) is 1.60. The number of phenolic OH excluding ortho intramolecular Hbond substituents is 1. The summed E-state index contributed by atoms with van der Waals surface area (Å²) in [5.41, 5.74) is 0.421. The maximum absolute atomic E-state index is 13.9. The van der Waals surface area contributed by atoms with E-state index in [2.05, 4.69) is 15.3 Å². The van der Waals surface area contributed by atoms with Gasteiger partial charge in [0.05, 0.1) is 16.9 Å². The smallest absolute Gasteiger partial charge is 0.335 e. The van der Waals surface area contributed by atoms with E-state index in [0.29, 0.717) is 11.4 Å². The molecule has 0 amide bonds. The third-order valence-corrected chi connectivity index (χ3v) is 5.12. The van der Waals surface area contributed by atoms with Crippen molar-refractivity contribution in [2.24, 2.45) is 10.2 Å². The number of para-hydroxylation sites is 1. The number of carboxylic acid groups (broad SMARTS) is 1. The molecule has 0 saturated carbocycles. The number of phenols is 1. The van der Waals surface area contributed by atoms with Crippen LogP contribution < -0.4 is 5.56 Å². The first-order chi connectivity index (χ1) is 16.8. The monoisotopic (exact) mass is 476 g/mol. The highest BCUT2D eigenvalue weighted by molar-refractivity contribution is 5.88.